The summed E-state index contributed by atoms with van der Waals surface area (Å²) in [6, 6.07) is 14.1. The van der Waals surface area contributed by atoms with Crippen molar-refractivity contribution in [1.82, 2.24) is 14.5 Å². The maximum Gasteiger partial charge on any atom is 0.259 e. The number of amides is 1. The van der Waals surface area contributed by atoms with E-state index in [-0.39, 0.29) is 17.4 Å². The number of aryl methyl sites for hydroxylation is 2. The average Bonchev–Trinajstić information content (AvgIpc) is 3.42. The number of nitrogens with zero attached hydrogens (tertiary/aromatic N) is 3. The molecule has 2 aromatic heterocycles. The van der Waals surface area contributed by atoms with Crippen LogP contribution in [0.3, 0.4) is 0 Å². The molecule has 1 aliphatic carbocycles. The van der Waals surface area contributed by atoms with Crippen LogP contribution in [0.1, 0.15) is 57.7 Å². The predicted octanol–water partition coefficient (Wildman–Crippen LogP) is 4.12. The minimum absolute atomic E-state index is 0.0886. The van der Waals surface area contributed by atoms with Crippen LogP contribution in [-0.4, -0.2) is 32.9 Å². The fourth-order valence-electron chi connectivity index (χ4n) is 5.44. The van der Waals surface area contributed by atoms with Crippen molar-refractivity contribution < 1.29 is 4.79 Å². The monoisotopic (exact) mass is 427 g/mol. The average molecular weight is 428 g/mol. The second-order valence-corrected chi connectivity index (χ2v) is 9.31. The van der Waals surface area contributed by atoms with Gasteiger partial charge in [-0.1, -0.05) is 24.3 Å². The van der Waals surface area contributed by atoms with E-state index in [1.54, 1.807) is 18.5 Å². The Balaban J connectivity index is 1.64. The minimum Gasteiger partial charge on any atom is -0.343 e. The molecular weight excluding hydrogens is 398 g/mol. The summed E-state index contributed by atoms with van der Waals surface area (Å²) in [5.74, 6) is 0.502. The van der Waals surface area contributed by atoms with Gasteiger partial charge in [0.2, 0.25) is 0 Å². The second-order valence-electron chi connectivity index (χ2n) is 9.31. The summed E-state index contributed by atoms with van der Waals surface area (Å²) in [5.41, 5.74) is 5.26. The van der Waals surface area contributed by atoms with Crippen molar-refractivity contribution in [2.24, 2.45) is 5.92 Å². The number of aromatic nitrogens is 2. The van der Waals surface area contributed by atoms with Crippen LogP contribution in [0.4, 0.5) is 0 Å². The number of carbonyl (C=O) groups is 1. The van der Waals surface area contributed by atoms with E-state index in [1.165, 1.54) is 6.42 Å². The van der Waals surface area contributed by atoms with Gasteiger partial charge in [-0.05, 0) is 67.9 Å². The molecule has 1 saturated heterocycles. The molecule has 5 heteroatoms. The molecule has 2 aliphatic rings. The topological polar surface area (TPSA) is 55.2 Å². The summed E-state index contributed by atoms with van der Waals surface area (Å²) in [6.07, 6.45) is 7.45. The summed E-state index contributed by atoms with van der Waals surface area (Å²) < 4.78 is 2.14. The van der Waals surface area contributed by atoms with Crippen molar-refractivity contribution in [1.29, 1.82) is 0 Å². The SMILES string of the molecule is Cc1ccccc1Cc1c(C(=O)N2C[C@@H]3CC[C@@H]2C3)c(=O)cc(C)n1Cc1ccncc1. The van der Waals surface area contributed by atoms with Crippen LogP contribution in [0, 0.1) is 19.8 Å². The van der Waals surface area contributed by atoms with Crippen molar-refractivity contribution in [3.8, 4) is 0 Å². The lowest BCUT2D eigenvalue weighted by Crippen LogP contribution is -2.41. The van der Waals surface area contributed by atoms with Crippen LogP contribution in [-0.2, 0) is 13.0 Å². The van der Waals surface area contributed by atoms with E-state index in [1.807, 2.05) is 36.1 Å². The lowest BCUT2D eigenvalue weighted by atomic mass is 9.98. The molecule has 2 fully saturated rings. The highest BCUT2D eigenvalue weighted by Crippen LogP contribution is 2.38. The normalized spacial score (nSPS) is 19.5. The second kappa shape index (κ2) is 8.38. The van der Waals surface area contributed by atoms with Gasteiger partial charge >= 0.3 is 0 Å². The standard InChI is InChI=1S/C27H29N3O2/c1-18-5-3-4-6-22(18)15-24-26(27(32)30-17-21-7-8-23(30)14-21)25(31)13-19(2)29(24)16-20-9-11-28-12-10-20/h3-6,9-13,21,23H,7-8,14-17H2,1-2H3/t21-,23-/m1/s1. The van der Waals surface area contributed by atoms with Gasteiger partial charge in [-0.15, -0.1) is 0 Å². The van der Waals surface area contributed by atoms with Crippen LogP contribution >= 0.6 is 0 Å². The van der Waals surface area contributed by atoms with Gasteiger partial charge in [0.15, 0.2) is 5.43 Å². The Hall–Kier alpha value is -3.21. The fraction of sp³-hybridized carbons (Fsp3) is 0.370. The van der Waals surface area contributed by atoms with Crippen LogP contribution in [0.15, 0.2) is 59.7 Å². The molecule has 0 N–H and O–H groups in total. The molecule has 2 bridgehead atoms. The van der Waals surface area contributed by atoms with E-state index in [0.717, 1.165) is 47.5 Å². The third-order valence-corrected chi connectivity index (χ3v) is 7.22. The predicted molar refractivity (Wildman–Crippen MR) is 125 cm³/mol. The number of piperidine rings is 1. The molecule has 0 spiro atoms. The maximum absolute atomic E-state index is 13.8. The molecule has 3 aromatic rings. The number of hydrogen-bond acceptors (Lipinski definition) is 3. The first-order valence-corrected chi connectivity index (χ1v) is 11.5. The van der Waals surface area contributed by atoms with E-state index in [2.05, 4.69) is 28.6 Å². The van der Waals surface area contributed by atoms with Crippen LogP contribution in [0.5, 0.6) is 0 Å². The number of carbonyl (C=O) groups excluding carboxylic acids is 1. The molecule has 164 valence electrons. The van der Waals surface area contributed by atoms with Crippen molar-refractivity contribution >= 4 is 5.91 Å². The zero-order valence-electron chi connectivity index (χ0n) is 18.8. The molecule has 5 nitrogen and oxygen atoms in total. The largest absolute Gasteiger partial charge is 0.343 e. The maximum atomic E-state index is 13.8. The van der Waals surface area contributed by atoms with Gasteiger partial charge in [0.1, 0.15) is 5.56 Å². The molecule has 1 aliphatic heterocycles. The molecule has 32 heavy (non-hydrogen) atoms. The van der Waals surface area contributed by atoms with Gasteiger partial charge in [-0.25, -0.2) is 0 Å². The summed E-state index contributed by atoms with van der Waals surface area (Å²) in [6.45, 7) is 5.42. The Morgan fingerprint density at radius 3 is 2.56 bits per heavy atom. The van der Waals surface area contributed by atoms with Gasteiger partial charge < -0.3 is 9.47 Å². The van der Waals surface area contributed by atoms with E-state index in [9.17, 15) is 9.59 Å². The summed E-state index contributed by atoms with van der Waals surface area (Å²) in [4.78, 5) is 33.1. The number of rotatable bonds is 5. The highest BCUT2D eigenvalue weighted by molar-refractivity contribution is 5.96. The Bertz CT molecular complexity index is 1220. The van der Waals surface area contributed by atoms with Crippen molar-refractivity contribution in [3.05, 3.63) is 98.7 Å². The Kier molecular flexibility index (Phi) is 5.41. The first kappa shape index (κ1) is 20.7. The molecule has 2 atom stereocenters. The van der Waals surface area contributed by atoms with Crippen molar-refractivity contribution in [2.75, 3.05) is 6.54 Å². The molecular formula is C27H29N3O2. The lowest BCUT2D eigenvalue weighted by Gasteiger charge is -2.29. The Morgan fingerprint density at radius 1 is 1.09 bits per heavy atom. The van der Waals surface area contributed by atoms with Crippen LogP contribution in [0.2, 0.25) is 0 Å². The summed E-state index contributed by atoms with van der Waals surface area (Å²) in [5, 5.41) is 0. The first-order chi connectivity index (χ1) is 15.5. The van der Waals surface area contributed by atoms with E-state index in [0.29, 0.717) is 24.4 Å². The van der Waals surface area contributed by atoms with E-state index in [4.69, 9.17) is 0 Å². The van der Waals surface area contributed by atoms with Gasteiger partial charge in [0.25, 0.3) is 5.91 Å². The number of fused-ring (bicyclic) bond motifs is 2. The van der Waals surface area contributed by atoms with Crippen LogP contribution < -0.4 is 5.43 Å². The highest BCUT2D eigenvalue weighted by atomic mass is 16.2. The van der Waals surface area contributed by atoms with Gasteiger partial charge in [-0.3, -0.25) is 14.6 Å². The van der Waals surface area contributed by atoms with Gasteiger partial charge in [0, 0.05) is 55.4 Å². The number of pyridine rings is 2. The molecule has 1 amide bonds. The molecule has 0 radical (unpaired) electrons. The number of likely N-dealkylation sites (tertiary alicyclic amines) is 1. The molecule has 1 saturated carbocycles. The van der Waals surface area contributed by atoms with Gasteiger partial charge in [0.05, 0.1) is 0 Å². The smallest absolute Gasteiger partial charge is 0.259 e. The zero-order valence-corrected chi connectivity index (χ0v) is 18.8. The third kappa shape index (κ3) is 3.77. The quantitative estimate of drug-likeness (QED) is 0.615. The Labute approximate surface area is 188 Å². The zero-order chi connectivity index (χ0) is 22.2. The number of hydrogen-bond donors (Lipinski definition) is 0. The highest BCUT2D eigenvalue weighted by Gasteiger charge is 2.41. The Morgan fingerprint density at radius 2 is 1.88 bits per heavy atom. The van der Waals surface area contributed by atoms with Gasteiger partial charge in [-0.2, -0.15) is 0 Å². The number of benzene rings is 1. The van der Waals surface area contributed by atoms with E-state index < -0.39 is 0 Å². The molecule has 5 rings (SSSR count). The van der Waals surface area contributed by atoms with E-state index >= 15 is 0 Å². The molecule has 0 unspecified atom stereocenters. The van der Waals surface area contributed by atoms with Crippen LogP contribution in [0.25, 0.3) is 0 Å². The third-order valence-electron chi connectivity index (χ3n) is 7.22. The summed E-state index contributed by atoms with van der Waals surface area (Å²) in [7, 11) is 0. The minimum atomic E-state index is -0.162. The lowest BCUT2D eigenvalue weighted by molar-refractivity contribution is 0.0700. The van der Waals surface area contributed by atoms with Crippen molar-refractivity contribution in [2.45, 2.75) is 52.1 Å². The molecule has 3 heterocycles. The summed E-state index contributed by atoms with van der Waals surface area (Å²) >= 11 is 0. The van der Waals surface area contributed by atoms with Crippen molar-refractivity contribution in [3.63, 3.8) is 0 Å². The first-order valence-electron chi connectivity index (χ1n) is 11.5. The fourth-order valence-corrected chi connectivity index (χ4v) is 5.44. The molecule has 1 aromatic carbocycles.